The number of nitrogens with zero attached hydrogens (tertiary/aromatic N) is 4. The van der Waals surface area contributed by atoms with Crippen molar-refractivity contribution in [3.05, 3.63) is 169 Å². The van der Waals surface area contributed by atoms with Crippen LogP contribution < -0.4 is 0 Å². The summed E-state index contributed by atoms with van der Waals surface area (Å²) in [4.78, 5) is 0. The summed E-state index contributed by atoms with van der Waals surface area (Å²) in [7, 11) is 0. The Kier molecular flexibility index (Phi) is 6.22. The Morgan fingerprint density at radius 2 is 0.792 bits per heavy atom. The normalized spacial score (nSPS) is 11.3. The molecule has 0 atom stereocenters. The Morgan fingerprint density at radius 3 is 1.27 bits per heavy atom. The van der Waals surface area contributed by atoms with E-state index in [1.165, 1.54) is 21.5 Å². The van der Waals surface area contributed by atoms with E-state index in [4.69, 9.17) is 0 Å². The van der Waals surface area contributed by atoms with E-state index in [2.05, 4.69) is 143 Å². The SMILES string of the molecule is N#Cc1cc(-c2cc(-n3c4ccccc4c4ccccc43)cc(-n3c4ccccc4c4ccccc43)c2)cc(-c2ccccc2C#N)c1. The molecule has 2 heterocycles. The number of hydrogen-bond acceptors (Lipinski definition) is 2. The lowest BCUT2D eigenvalue weighted by Gasteiger charge is -2.16. The van der Waals surface area contributed by atoms with Gasteiger partial charge in [0.25, 0.3) is 0 Å². The zero-order valence-corrected chi connectivity index (χ0v) is 25.8. The van der Waals surface area contributed by atoms with Crippen LogP contribution in [0.4, 0.5) is 0 Å². The van der Waals surface area contributed by atoms with Gasteiger partial charge in [-0.2, -0.15) is 10.5 Å². The van der Waals surface area contributed by atoms with Crippen molar-refractivity contribution in [2.24, 2.45) is 0 Å². The van der Waals surface area contributed by atoms with Crippen molar-refractivity contribution in [3.63, 3.8) is 0 Å². The summed E-state index contributed by atoms with van der Waals surface area (Å²) in [6, 6.07) is 59.0. The molecule has 9 rings (SSSR count). The molecule has 0 aliphatic rings. The van der Waals surface area contributed by atoms with Gasteiger partial charge in [-0.1, -0.05) is 91.0 Å². The van der Waals surface area contributed by atoms with Crippen LogP contribution >= 0.6 is 0 Å². The Morgan fingerprint density at radius 1 is 0.375 bits per heavy atom. The van der Waals surface area contributed by atoms with Gasteiger partial charge >= 0.3 is 0 Å². The first-order chi connectivity index (χ1) is 23.7. The predicted octanol–water partition coefficient (Wildman–Crippen LogP) is 11.0. The summed E-state index contributed by atoms with van der Waals surface area (Å²) in [5.41, 5.74) is 11.2. The van der Waals surface area contributed by atoms with Crippen LogP contribution in [-0.2, 0) is 0 Å². The highest BCUT2D eigenvalue weighted by atomic mass is 15.0. The summed E-state index contributed by atoms with van der Waals surface area (Å²) >= 11 is 0. The maximum Gasteiger partial charge on any atom is 0.0998 e. The standard InChI is InChI=1S/C44H26N4/c45-27-29-21-31(23-33(22-29)36-12-2-1-11-30(36)28-46)32-24-34(47-41-17-7-3-13-37(41)38-14-4-8-18-42(38)47)26-35(25-32)48-43-19-9-5-15-39(43)40-16-6-10-20-44(40)48/h1-26H. The molecule has 0 spiro atoms. The van der Waals surface area contributed by atoms with Gasteiger partial charge in [0.2, 0.25) is 0 Å². The molecule has 0 bridgehead atoms. The topological polar surface area (TPSA) is 57.4 Å². The molecular weight excluding hydrogens is 585 g/mol. The zero-order valence-electron chi connectivity index (χ0n) is 25.8. The maximum absolute atomic E-state index is 10.2. The molecule has 0 aliphatic carbocycles. The first kappa shape index (κ1) is 27.4. The second-order valence-electron chi connectivity index (χ2n) is 12.0. The van der Waals surface area contributed by atoms with Crippen molar-refractivity contribution in [1.29, 1.82) is 10.5 Å². The van der Waals surface area contributed by atoms with E-state index in [-0.39, 0.29) is 0 Å². The first-order valence-electron chi connectivity index (χ1n) is 15.9. The molecule has 0 fully saturated rings. The van der Waals surface area contributed by atoms with Crippen molar-refractivity contribution in [1.82, 2.24) is 9.13 Å². The molecule has 0 amide bonds. The molecule has 9 aromatic rings. The molecule has 0 radical (unpaired) electrons. The van der Waals surface area contributed by atoms with E-state index in [9.17, 15) is 10.5 Å². The van der Waals surface area contributed by atoms with Gasteiger partial charge in [0.15, 0.2) is 0 Å². The minimum Gasteiger partial charge on any atom is -0.309 e. The van der Waals surface area contributed by atoms with E-state index in [0.717, 1.165) is 55.7 Å². The second-order valence-corrected chi connectivity index (χ2v) is 12.0. The van der Waals surface area contributed by atoms with Crippen LogP contribution in [0.15, 0.2) is 158 Å². The Balaban J connectivity index is 1.39. The molecule has 0 saturated heterocycles. The van der Waals surface area contributed by atoms with Crippen LogP contribution in [-0.4, -0.2) is 9.13 Å². The van der Waals surface area contributed by atoms with Gasteiger partial charge in [-0.25, -0.2) is 0 Å². The van der Waals surface area contributed by atoms with Gasteiger partial charge < -0.3 is 9.13 Å². The molecular formula is C44H26N4. The minimum atomic E-state index is 0.538. The van der Waals surface area contributed by atoms with Crippen LogP contribution in [0.2, 0.25) is 0 Å². The van der Waals surface area contributed by atoms with Gasteiger partial charge in [-0.05, 0) is 89.0 Å². The molecule has 0 aliphatic heterocycles. The van der Waals surface area contributed by atoms with Crippen LogP contribution in [0.1, 0.15) is 11.1 Å². The molecule has 7 aromatic carbocycles. The third-order valence-corrected chi connectivity index (χ3v) is 9.33. The fourth-order valence-corrected chi connectivity index (χ4v) is 7.27. The van der Waals surface area contributed by atoms with E-state index in [1.807, 2.05) is 36.4 Å². The monoisotopic (exact) mass is 610 g/mol. The molecule has 0 N–H and O–H groups in total. The molecule has 0 saturated carbocycles. The molecule has 0 unspecified atom stereocenters. The summed E-state index contributed by atoms with van der Waals surface area (Å²) < 4.78 is 4.68. The number of para-hydroxylation sites is 4. The van der Waals surface area contributed by atoms with Crippen molar-refractivity contribution >= 4 is 43.6 Å². The van der Waals surface area contributed by atoms with Crippen LogP contribution in [0.25, 0.3) is 77.2 Å². The summed E-state index contributed by atoms with van der Waals surface area (Å²) in [5.74, 6) is 0. The summed E-state index contributed by atoms with van der Waals surface area (Å²) in [6.07, 6.45) is 0. The zero-order chi connectivity index (χ0) is 32.2. The van der Waals surface area contributed by atoms with E-state index in [1.54, 1.807) is 0 Å². The Labute approximate surface area is 277 Å². The quantitative estimate of drug-likeness (QED) is 0.199. The fraction of sp³-hybridized carbons (Fsp3) is 0. The van der Waals surface area contributed by atoms with Crippen molar-refractivity contribution in [2.45, 2.75) is 0 Å². The molecule has 222 valence electrons. The van der Waals surface area contributed by atoms with Crippen LogP contribution in [0.3, 0.4) is 0 Å². The summed E-state index contributed by atoms with van der Waals surface area (Å²) in [5, 5.41) is 24.8. The number of rotatable bonds is 4. The van der Waals surface area contributed by atoms with Crippen molar-refractivity contribution in [3.8, 4) is 45.8 Å². The highest BCUT2D eigenvalue weighted by molar-refractivity contribution is 6.10. The Hall–Kier alpha value is -6.88. The minimum absolute atomic E-state index is 0.538. The largest absolute Gasteiger partial charge is 0.309 e. The average Bonchev–Trinajstić information content (AvgIpc) is 3.67. The van der Waals surface area contributed by atoms with Gasteiger partial charge in [0.05, 0.1) is 45.3 Å². The second kappa shape index (κ2) is 10.9. The number of hydrogen-bond donors (Lipinski definition) is 0. The van der Waals surface area contributed by atoms with E-state index in [0.29, 0.717) is 11.1 Å². The van der Waals surface area contributed by atoms with E-state index >= 15 is 0 Å². The van der Waals surface area contributed by atoms with Crippen molar-refractivity contribution in [2.75, 3.05) is 0 Å². The number of benzene rings is 7. The third kappa shape index (κ3) is 4.22. The van der Waals surface area contributed by atoms with Crippen LogP contribution in [0.5, 0.6) is 0 Å². The number of fused-ring (bicyclic) bond motifs is 6. The lowest BCUT2D eigenvalue weighted by molar-refractivity contribution is 1.13. The maximum atomic E-state index is 10.2. The molecule has 2 aromatic heterocycles. The van der Waals surface area contributed by atoms with E-state index < -0.39 is 0 Å². The Bertz CT molecular complexity index is 2580. The van der Waals surface area contributed by atoms with Gasteiger partial charge in [-0.15, -0.1) is 0 Å². The molecule has 4 heteroatoms. The lowest BCUT2D eigenvalue weighted by Crippen LogP contribution is -2.00. The third-order valence-electron chi connectivity index (χ3n) is 9.33. The fourth-order valence-electron chi connectivity index (χ4n) is 7.27. The smallest absolute Gasteiger partial charge is 0.0998 e. The molecule has 48 heavy (non-hydrogen) atoms. The van der Waals surface area contributed by atoms with Gasteiger partial charge in [0, 0.05) is 32.9 Å². The number of nitriles is 2. The highest BCUT2D eigenvalue weighted by Gasteiger charge is 2.18. The van der Waals surface area contributed by atoms with Crippen LogP contribution in [0, 0.1) is 22.7 Å². The van der Waals surface area contributed by atoms with Crippen molar-refractivity contribution < 1.29 is 0 Å². The summed E-state index contributed by atoms with van der Waals surface area (Å²) in [6.45, 7) is 0. The predicted molar refractivity (Wildman–Crippen MR) is 195 cm³/mol. The average molecular weight is 611 g/mol. The first-order valence-corrected chi connectivity index (χ1v) is 15.9. The van der Waals surface area contributed by atoms with Gasteiger partial charge in [-0.3, -0.25) is 0 Å². The molecule has 4 nitrogen and oxygen atoms in total. The highest BCUT2D eigenvalue weighted by Crippen LogP contribution is 2.38. The lowest BCUT2D eigenvalue weighted by atomic mass is 9.93. The van der Waals surface area contributed by atoms with Gasteiger partial charge in [0.1, 0.15) is 0 Å². The number of aromatic nitrogens is 2.